The van der Waals surface area contributed by atoms with E-state index in [-0.39, 0.29) is 36.9 Å². The van der Waals surface area contributed by atoms with Crippen LogP contribution in [0.4, 0.5) is 0 Å². The first-order chi connectivity index (χ1) is 24.3. The number of carboxylic acids is 1. The van der Waals surface area contributed by atoms with Crippen molar-refractivity contribution in [1.82, 2.24) is 10.2 Å². The van der Waals surface area contributed by atoms with Crippen LogP contribution in [-0.4, -0.2) is 117 Å². The molecule has 1 heterocycles. The van der Waals surface area contributed by atoms with Crippen LogP contribution in [0.15, 0.2) is 60.7 Å². The van der Waals surface area contributed by atoms with Crippen LogP contribution in [0, 0.1) is 23.7 Å². The smallest absolute Gasteiger partial charge is 0.234 e. The van der Waals surface area contributed by atoms with Crippen molar-refractivity contribution in [2.75, 3.05) is 39.6 Å². The van der Waals surface area contributed by atoms with Crippen LogP contribution < -0.4 is 16.2 Å². The van der Waals surface area contributed by atoms with Gasteiger partial charge in [0.25, 0.3) is 0 Å². The highest BCUT2D eigenvalue weighted by Gasteiger charge is 2.50. The highest BCUT2D eigenvalue weighted by atomic mass is 16.4. The van der Waals surface area contributed by atoms with Crippen molar-refractivity contribution in [2.24, 2.45) is 29.4 Å². The Balaban J connectivity index is 0.000000440. The van der Waals surface area contributed by atoms with Crippen molar-refractivity contribution in [1.29, 1.82) is 0 Å². The lowest BCUT2D eigenvalue weighted by Gasteiger charge is -2.32. The molecule has 1 aliphatic rings. The van der Waals surface area contributed by atoms with Gasteiger partial charge < -0.3 is 51.6 Å². The molecule has 3 rings (SSSR count). The number of aliphatic hydroxyl groups is 6. The normalized spacial score (nSPS) is 18.0. The van der Waals surface area contributed by atoms with E-state index in [2.05, 4.69) is 5.32 Å². The summed E-state index contributed by atoms with van der Waals surface area (Å²) in [6, 6.07) is 16.7. The van der Waals surface area contributed by atoms with Gasteiger partial charge in [0.1, 0.15) is 0 Å². The van der Waals surface area contributed by atoms with Crippen LogP contribution in [-0.2, 0) is 19.2 Å². The summed E-state index contributed by atoms with van der Waals surface area (Å²) in [5.74, 6) is -5.56. The molecule has 0 radical (unpaired) electrons. The third-order valence-electron chi connectivity index (χ3n) is 9.16. The number of carboxylic acid groups (broad SMARTS) is 1. The van der Waals surface area contributed by atoms with Gasteiger partial charge in [0.05, 0.1) is 63.7 Å². The minimum absolute atomic E-state index is 0.0457. The second-order valence-corrected chi connectivity index (χ2v) is 12.6. The van der Waals surface area contributed by atoms with Gasteiger partial charge in [-0.15, -0.1) is 0 Å². The Bertz CT molecular complexity index is 1310. The summed E-state index contributed by atoms with van der Waals surface area (Å²) < 4.78 is 0. The highest BCUT2D eigenvalue weighted by molar-refractivity contribution is 6.05. The van der Waals surface area contributed by atoms with E-state index in [0.29, 0.717) is 6.42 Å². The molecule has 14 heteroatoms. The molecular weight excluding hydrogens is 662 g/mol. The number of nitrogens with two attached hydrogens (primary N) is 1. The number of hydrogen-bond donors (Lipinski definition) is 8. The van der Waals surface area contributed by atoms with Crippen LogP contribution in [0.3, 0.4) is 0 Å². The van der Waals surface area contributed by atoms with Gasteiger partial charge in [-0.1, -0.05) is 88.4 Å². The fourth-order valence-corrected chi connectivity index (χ4v) is 6.17. The fraction of sp³-hybridized carbons (Fsp3) is 0.568. The number of benzene rings is 2. The zero-order chi connectivity index (χ0) is 38.7. The van der Waals surface area contributed by atoms with E-state index >= 15 is 0 Å². The first-order valence-electron chi connectivity index (χ1n) is 17.2. The third-order valence-corrected chi connectivity index (χ3v) is 9.16. The van der Waals surface area contributed by atoms with Crippen molar-refractivity contribution in [3.63, 3.8) is 0 Å². The largest absolute Gasteiger partial charge is 0.550 e. The molecule has 0 bridgehead atoms. The number of carbonyl (C=O) groups excluding carboxylic acids is 4. The first-order valence-corrected chi connectivity index (χ1v) is 17.2. The summed E-state index contributed by atoms with van der Waals surface area (Å²) in [6.45, 7) is 5.18. The Labute approximate surface area is 299 Å². The molecule has 0 saturated carbocycles. The van der Waals surface area contributed by atoms with Crippen LogP contribution in [0.25, 0.3) is 0 Å². The van der Waals surface area contributed by atoms with Gasteiger partial charge in [-0.25, -0.2) is 0 Å². The van der Waals surface area contributed by atoms with E-state index in [9.17, 15) is 34.5 Å². The van der Waals surface area contributed by atoms with Crippen molar-refractivity contribution in [2.45, 2.75) is 70.5 Å². The Morgan fingerprint density at radius 1 is 0.784 bits per heavy atom. The number of aliphatic carboxylic acids is 1. The lowest BCUT2D eigenvalue weighted by Crippen LogP contribution is -2.48. The molecule has 2 aromatic carbocycles. The monoisotopic (exact) mass is 718 g/mol. The molecule has 0 aromatic heterocycles. The van der Waals surface area contributed by atoms with Gasteiger partial charge in [-0.2, -0.15) is 0 Å². The van der Waals surface area contributed by atoms with Gasteiger partial charge >= 0.3 is 0 Å². The number of likely N-dealkylation sites (tertiary alicyclic amines) is 1. The number of rotatable bonds is 17. The minimum atomic E-state index is -1.28. The molecular formula is C37H56N3O11-. The predicted molar refractivity (Wildman–Crippen MR) is 187 cm³/mol. The van der Waals surface area contributed by atoms with Crippen molar-refractivity contribution >= 4 is 23.7 Å². The van der Waals surface area contributed by atoms with E-state index < -0.39 is 80.1 Å². The summed E-state index contributed by atoms with van der Waals surface area (Å²) in [7, 11) is 0. The maximum atomic E-state index is 12.7. The zero-order valence-corrected chi connectivity index (χ0v) is 29.9. The first kappa shape index (κ1) is 45.3. The van der Waals surface area contributed by atoms with Gasteiger partial charge in [-0.3, -0.25) is 19.3 Å². The van der Waals surface area contributed by atoms with Gasteiger partial charge in [-0.05, 0) is 35.8 Å². The zero-order valence-electron chi connectivity index (χ0n) is 29.9. The molecule has 2 aromatic rings. The van der Waals surface area contributed by atoms with Crippen LogP contribution in [0.5, 0.6) is 0 Å². The minimum Gasteiger partial charge on any atom is -0.550 e. The molecule has 6 atom stereocenters. The SMILES string of the molecule is CCC(c1ccccc1)C(C(=O)[O-])C(C)C(=O)NC(CO)CO.CCC(c1ccccc1)C1C(=O)N(C(CO)CO)C(=O)C1C.NC(CO)CO. The molecule has 6 unspecified atom stereocenters. The number of hydrogen-bond acceptors (Lipinski definition) is 12. The standard InChI is InChI=1S/C17H25NO5.C17H23NO4.C3H9NO2/c1-3-14(12-7-5-4-6-8-12)15(17(22)23)11(2)16(21)18-13(9-19)10-20;1-3-14(12-7-5-4-6-8-12)15-11(2)16(21)18(17(15)22)13(9-19)10-20;4-3(1-5)2-6/h4-8,11,13-15,19-20H,3,9-10H2,1-2H3,(H,18,21)(H,22,23);4-8,11,13-15,19-20H,3,9-10H2,1-2H3;3,5-6H,1-2,4H2/p-1. The molecule has 3 amide bonds. The van der Waals surface area contributed by atoms with Crippen molar-refractivity contribution in [3.05, 3.63) is 71.8 Å². The highest BCUT2D eigenvalue weighted by Crippen LogP contribution is 2.40. The van der Waals surface area contributed by atoms with E-state index in [1.54, 1.807) is 6.92 Å². The third kappa shape index (κ3) is 12.8. The molecule has 14 nitrogen and oxygen atoms in total. The van der Waals surface area contributed by atoms with E-state index in [0.717, 1.165) is 22.4 Å². The summed E-state index contributed by atoms with van der Waals surface area (Å²) in [4.78, 5) is 50.1. The average Bonchev–Trinajstić information content (AvgIpc) is 3.37. The second-order valence-electron chi connectivity index (χ2n) is 12.6. The van der Waals surface area contributed by atoms with Crippen LogP contribution in [0.1, 0.15) is 63.5 Å². The molecule has 51 heavy (non-hydrogen) atoms. The summed E-state index contributed by atoms with van der Waals surface area (Å²) >= 11 is 0. The fourth-order valence-electron chi connectivity index (χ4n) is 6.17. The number of carbonyl (C=O) groups is 4. The molecule has 0 aliphatic carbocycles. The maximum Gasteiger partial charge on any atom is 0.234 e. The topological polar surface area (TPSA) is 254 Å². The second kappa shape index (κ2) is 23.7. The van der Waals surface area contributed by atoms with Crippen molar-refractivity contribution < 1.29 is 54.9 Å². The van der Waals surface area contributed by atoms with Crippen LogP contribution in [0.2, 0.25) is 0 Å². The Morgan fingerprint density at radius 3 is 1.65 bits per heavy atom. The van der Waals surface area contributed by atoms with Gasteiger partial charge in [0.2, 0.25) is 17.7 Å². The maximum absolute atomic E-state index is 12.7. The Kier molecular flexibility index (Phi) is 21.0. The number of imide groups is 1. The summed E-state index contributed by atoms with van der Waals surface area (Å²) in [5.41, 5.74) is 6.85. The molecule has 1 aliphatic heterocycles. The summed E-state index contributed by atoms with van der Waals surface area (Å²) in [6.07, 6.45) is 1.29. The predicted octanol–water partition coefficient (Wildman–Crippen LogP) is -0.895. The van der Waals surface area contributed by atoms with Gasteiger partial charge in [0, 0.05) is 23.7 Å². The molecule has 1 fully saturated rings. The van der Waals surface area contributed by atoms with Crippen molar-refractivity contribution in [3.8, 4) is 0 Å². The molecule has 286 valence electrons. The number of amides is 3. The van der Waals surface area contributed by atoms with Gasteiger partial charge in [0.15, 0.2) is 0 Å². The van der Waals surface area contributed by atoms with E-state index in [1.165, 1.54) is 6.92 Å². The average molecular weight is 719 g/mol. The lowest BCUT2D eigenvalue weighted by molar-refractivity contribution is -0.314. The number of aliphatic hydroxyl groups excluding tert-OH is 6. The quantitative estimate of drug-likeness (QED) is 0.0927. The lowest BCUT2D eigenvalue weighted by atomic mass is 9.76. The van der Waals surface area contributed by atoms with Crippen LogP contribution >= 0.6 is 0 Å². The summed E-state index contributed by atoms with van der Waals surface area (Å²) in [5, 5.41) is 66.9. The Hall–Kier alpha value is -3.76. The van der Waals surface area contributed by atoms with E-state index in [1.807, 2.05) is 74.5 Å². The molecule has 0 spiro atoms. The molecule has 1 saturated heterocycles. The Morgan fingerprint density at radius 2 is 1.27 bits per heavy atom. The molecule has 9 N–H and O–H groups in total. The van der Waals surface area contributed by atoms with E-state index in [4.69, 9.17) is 26.2 Å². The number of nitrogens with one attached hydrogen (secondary N) is 1. The number of nitrogens with zero attached hydrogens (tertiary/aromatic N) is 1.